The van der Waals surface area contributed by atoms with E-state index in [0.717, 1.165) is 31.7 Å². The Morgan fingerprint density at radius 2 is 2.20 bits per heavy atom. The number of rotatable bonds is 6. The third-order valence-electron chi connectivity index (χ3n) is 3.97. The molecule has 20 heavy (non-hydrogen) atoms. The van der Waals surface area contributed by atoms with Crippen LogP contribution in [0.5, 0.6) is 0 Å². The minimum absolute atomic E-state index is 0.606. The summed E-state index contributed by atoms with van der Waals surface area (Å²) in [6, 6.07) is 11.3. The fourth-order valence-electron chi connectivity index (χ4n) is 2.77. The van der Waals surface area contributed by atoms with Gasteiger partial charge in [0.2, 0.25) is 0 Å². The molecule has 0 bridgehead atoms. The first-order chi connectivity index (χ1) is 9.90. The van der Waals surface area contributed by atoms with Crippen molar-refractivity contribution in [3.8, 4) is 0 Å². The first-order valence-electron chi connectivity index (χ1n) is 7.37. The number of hydrogen-bond donors (Lipinski definition) is 2. The van der Waals surface area contributed by atoms with Crippen LogP contribution in [0.25, 0.3) is 0 Å². The summed E-state index contributed by atoms with van der Waals surface area (Å²) in [4.78, 5) is 9.72. The Morgan fingerprint density at radius 3 is 3.00 bits per heavy atom. The van der Waals surface area contributed by atoms with Gasteiger partial charge in [-0.05, 0) is 24.9 Å². The molecule has 0 radical (unpaired) electrons. The summed E-state index contributed by atoms with van der Waals surface area (Å²) in [5.41, 5.74) is 2.59. The van der Waals surface area contributed by atoms with E-state index in [1.54, 1.807) is 6.33 Å². The van der Waals surface area contributed by atoms with Crippen LogP contribution in [0.15, 0.2) is 42.9 Å². The van der Waals surface area contributed by atoms with E-state index in [-0.39, 0.29) is 0 Å². The maximum absolute atomic E-state index is 4.04. The quantitative estimate of drug-likeness (QED) is 0.841. The number of aromatic nitrogens is 2. The Labute approximate surface area is 120 Å². The minimum atomic E-state index is 0.606. The summed E-state index contributed by atoms with van der Waals surface area (Å²) in [6.45, 7) is 4.40. The third kappa shape index (κ3) is 3.68. The van der Waals surface area contributed by atoms with Crippen molar-refractivity contribution in [3.63, 3.8) is 0 Å². The molecule has 2 heterocycles. The van der Waals surface area contributed by atoms with E-state index in [2.05, 4.69) is 50.5 Å². The molecule has 1 aromatic heterocycles. The van der Waals surface area contributed by atoms with Crippen LogP contribution in [0.4, 0.5) is 0 Å². The van der Waals surface area contributed by atoms with Crippen LogP contribution in [-0.4, -0.2) is 40.5 Å². The van der Waals surface area contributed by atoms with Gasteiger partial charge in [-0.3, -0.25) is 0 Å². The summed E-state index contributed by atoms with van der Waals surface area (Å²) in [5.74, 6) is 0. The van der Waals surface area contributed by atoms with Gasteiger partial charge in [-0.15, -0.1) is 0 Å². The highest BCUT2D eigenvalue weighted by molar-refractivity contribution is 5.14. The van der Waals surface area contributed by atoms with Crippen molar-refractivity contribution in [2.45, 2.75) is 25.4 Å². The molecule has 0 amide bonds. The molecule has 1 aromatic carbocycles. The Balaban J connectivity index is 1.38. The van der Waals surface area contributed by atoms with Crippen molar-refractivity contribution in [1.82, 2.24) is 20.2 Å². The fraction of sp³-hybridized carbons (Fsp3) is 0.438. The topological polar surface area (TPSA) is 44.0 Å². The molecular formula is C16H22N4. The summed E-state index contributed by atoms with van der Waals surface area (Å²) in [6.07, 6.45) is 6.00. The SMILES string of the molecule is c1ccc(CCN2CCC(NCc3cnc[nH]3)C2)cc1. The normalized spacial score (nSPS) is 19.5. The highest BCUT2D eigenvalue weighted by atomic mass is 15.2. The fourth-order valence-corrected chi connectivity index (χ4v) is 2.77. The van der Waals surface area contributed by atoms with Gasteiger partial charge in [-0.1, -0.05) is 30.3 Å². The van der Waals surface area contributed by atoms with Crippen molar-refractivity contribution in [2.75, 3.05) is 19.6 Å². The molecule has 2 aromatic rings. The van der Waals surface area contributed by atoms with Crippen molar-refractivity contribution in [1.29, 1.82) is 0 Å². The summed E-state index contributed by atoms with van der Waals surface area (Å²) in [7, 11) is 0. The monoisotopic (exact) mass is 270 g/mol. The van der Waals surface area contributed by atoms with Crippen LogP contribution in [0.1, 0.15) is 17.7 Å². The average Bonchev–Trinajstić information content (AvgIpc) is 3.16. The molecule has 4 nitrogen and oxygen atoms in total. The van der Waals surface area contributed by atoms with Crippen LogP contribution in [0, 0.1) is 0 Å². The number of nitrogens with zero attached hydrogens (tertiary/aromatic N) is 2. The first-order valence-corrected chi connectivity index (χ1v) is 7.37. The zero-order chi connectivity index (χ0) is 13.6. The zero-order valence-electron chi connectivity index (χ0n) is 11.8. The second-order valence-electron chi connectivity index (χ2n) is 5.48. The van der Waals surface area contributed by atoms with Gasteiger partial charge in [0.05, 0.1) is 6.33 Å². The Hall–Kier alpha value is -1.65. The number of benzene rings is 1. The second kappa shape index (κ2) is 6.68. The maximum Gasteiger partial charge on any atom is 0.0922 e. The van der Waals surface area contributed by atoms with Gasteiger partial charge >= 0.3 is 0 Å². The molecule has 1 fully saturated rings. The molecule has 106 valence electrons. The Kier molecular flexibility index (Phi) is 4.46. The van der Waals surface area contributed by atoms with Gasteiger partial charge in [0.15, 0.2) is 0 Å². The highest BCUT2D eigenvalue weighted by Gasteiger charge is 2.21. The molecule has 0 aliphatic carbocycles. The van der Waals surface area contributed by atoms with Gasteiger partial charge in [0, 0.05) is 37.6 Å². The van der Waals surface area contributed by atoms with Crippen molar-refractivity contribution in [2.24, 2.45) is 0 Å². The predicted octanol–water partition coefficient (Wildman–Crippen LogP) is 1.82. The van der Waals surface area contributed by atoms with Gasteiger partial charge in [-0.2, -0.15) is 0 Å². The van der Waals surface area contributed by atoms with Crippen LogP contribution < -0.4 is 5.32 Å². The van der Waals surface area contributed by atoms with E-state index >= 15 is 0 Å². The summed E-state index contributed by atoms with van der Waals surface area (Å²) < 4.78 is 0. The van der Waals surface area contributed by atoms with Gasteiger partial charge in [-0.25, -0.2) is 4.98 Å². The number of aromatic amines is 1. The van der Waals surface area contributed by atoms with E-state index in [0.29, 0.717) is 6.04 Å². The first kappa shape index (κ1) is 13.3. The molecule has 4 heteroatoms. The minimum Gasteiger partial charge on any atom is -0.347 e. The molecule has 1 unspecified atom stereocenters. The van der Waals surface area contributed by atoms with Crippen molar-refractivity contribution >= 4 is 0 Å². The average molecular weight is 270 g/mol. The Bertz CT molecular complexity index is 494. The molecule has 1 atom stereocenters. The molecule has 1 saturated heterocycles. The number of imidazole rings is 1. The molecule has 0 saturated carbocycles. The summed E-state index contributed by atoms with van der Waals surface area (Å²) in [5, 5.41) is 3.60. The van der Waals surface area contributed by atoms with Gasteiger partial charge in [0.1, 0.15) is 0 Å². The van der Waals surface area contributed by atoms with E-state index < -0.39 is 0 Å². The van der Waals surface area contributed by atoms with E-state index in [1.165, 1.54) is 18.5 Å². The predicted molar refractivity (Wildman–Crippen MR) is 80.4 cm³/mol. The molecule has 3 rings (SSSR count). The van der Waals surface area contributed by atoms with Crippen LogP contribution >= 0.6 is 0 Å². The molecule has 1 aliphatic heterocycles. The lowest BCUT2D eigenvalue weighted by atomic mass is 10.1. The van der Waals surface area contributed by atoms with Crippen molar-refractivity contribution < 1.29 is 0 Å². The second-order valence-corrected chi connectivity index (χ2v) is 5.48. The van der Waals surface area contributed by atoms with Crippen LogP contribution in [-0.2, 0) is 13.0 Å². The number of likely N-dealkylation sites (tertiary alicyclic amines) is 1. The highest BCUT2D eigenvalue weighted by Crippen LogP contribution is 2.11. The lowest BCUT2D eigenvalue weighted by Gasteiger charge is -2.16. The number of H-pyrrole nitrogens is 1. The van der Waals surface area contributed by atoms with Gasteiger partial charge < -0.3 is 15.2 Å². The van der Waals surface area contributed by atoms with Gasteiger partial charge in [0.25, 0.3) is 0 Å². The number of nitrogens with one attached hydrogen (secondary N) is 2. The Morgan fingerprint density at radius 1 is 1.30 bits per heavy atom. The molecule has 0 spiro atoms. The lowest BCUT2D eigenvalue weighted by molar-refractivity contribution is 0.331. The lowest BCUT2D eigenvalue weighted by Crippen LogP contribution is -2.32. The molecule has 1 aliphatic rings. The molecule has 2 N–H and O–H groups in total. The standard InChI is InChI=1S/C16H22N4/c1-2-4-14(5-3-1)6-8-20-9-7-15(12-20)18-11-16-10-17-13-19-16/h1-5,10,13,15,18H,6-9,11-12H2,(H,17,19). The van der Waals surface area contributed by atoms with E-state index in [9.17, 15) is 0 Å². The van der Waals surface area contributed by atoms with Crippen LogP contribution in [0.3, 0.4) is 0 Å². The third-order valence-corrected chi connectivity index (χ3v) is 3.97. The van der Waals surface area contributed by atoms with E-state index in [4.69, 9.17) is 0 Å². The molecular weight excluding hydrogens is 248 g/mol. The zero-order valence-corrected chi connectivity index (χ0v) is 11.8. The largest absolute Gasteiger partial charge is 0.347 e. The number of hydrogen-bond acceptors (Lipinski definition) is 3. The maximum atomic E-state index is 4.04. The van der Waals surface area contributed by atoms with Crippen LogP contribution in [0.2, 0.25) is 0 Å². The van der Waals surface area contributed by atoms with E-state index in [1.807, 2.05) is 6.20 Å². The summed E-state index contributed by atoms with van der Waals surface area (Å²) >= 11 is 0. The smallest absolute Gasteiger partial charge is 0.0922 e. The van der Waals surface area contributed by atoms with Crippen molar-refractivity contribution in [3.05, 3.63) is 54.1 Å².